The van der Waals surface area contributed by atoms with Crippen LogP contribution in [0.5, 0.6) is 0 Å². The fraction of sp³-hybridized carbons (Fsp3) is 0.500. The zero-order chi connectivity index (χ0) is 4.99. The second-order valence-electron chi connectivity index (χ2n) is 0.812. The summed E-state index contributed by atoms with van der Waals surface area (Å²) in [6.07, 6.45) is 0. The van der Waals surface area contributed by atoms with Gasteiger partial charge in [0.25, 0.3) is 0 Å². The molecule has 0 unspecified atom stereocenters. The molecule has 0 bridgehead atoms. The van der Waals surface area contributed by atoms with E-state index in [-0.39, 0.29) is 12.4 Å². The van der Waals surface area contributed by atoms with E-state index >= 15 is 0 Å². The van der Waals surface area contributed by atoms with Crippen LogP contribution in [0, 0.1) is 10.3 Å². The molecule has 4 heteroatoms. The molecule has 0 atom stereocenters. The Morgan fingerprint density at radius 3 is 2.50 bits per heavy atom. The van der Waals surface area contributed by atoms with Crippen molar-refractivity contribution in [2.75, 3.05) is 6.54 Å². The molecule has 3 N–H and O–H groups in total. The summed E-state index contributed by atoms with van der Waals surface area (Å²) in [6.45, 7) is -0.194. The van der Waals surface area contributed by atoms with Crippen LogP contribution in [0.1, 0.15) is 0 Å². The Morgan fingerprint density at radius 1 is 2.00 bits per heavy atom. The highest BCUT2D eigenvalue weighted by Gasteiger charge is 1.79. The molecule has 0 aromatic rings. The summed E-state index contributed by atoms with van der Waals surface area (Å²) in [7, 11) is 0. The quantitative estimate of drug-likeness (QED) is 0.275. The molecule has 0 aromatic carbocycles. The number of rotatable bonds is 2. The highest BCUT2D eigenvalue weighted by atomic mass is 16.3. The summed E-state index contributed by atoms with van der Waals surface area (Å²) < 4.78 is 0. The number of nitroso groups, excluding NO2 is 1. The van der Waals surface area contributed by atoms with E-state index in [1.54, 1.807) is 0 Å². The first-order valence-electron chi connectivity index (χ1n) is 1.39. The predicted molar refractivity (Wildman–Crippen MR) is 22.6 cm³/mol. The average molecular weight is 87.1 g/mol. The molecule has 4 nitrogen and oxygen atoms in total. The molecule has 0 radical (unpaired) electrons. The summed E-state index contributed by atoms with van der Waals surface area (Å²) in [5.74, 6) is -0.190. The first-order chi connectivity index (χ1) is 2.77. The van der Waals surface area contributed by atoms with Crippen molar-refractivity contribution in [3.63, 3.8) is 0 Å². The third-order valence-corrected chi connectivity index (χ3v) is 0.235. The van der Waals surface area contributed by atoms with E-state index in [0.29, 0.717) is 0 Å². The minimum Gasteiger partial charge on any atom is -0.386 e. The molecular weight excluding hydrogens is 82.0 g/mol. The summed E-state index contributed by atoms with van der Waals surface area (Å²) in [6, 6.07) is 0. The van der Waals surface area contributed by atoms with Gasteiger partial charge in [-0.25, -0.2) is 0 Å². The van der Waals surface area contributed by atoms with E-state index in [1.165, 1.54) is 0 Å². The van der Waals surface area contributed by atoms with Crippen LogP contribution >= 0.6 is 0 Å². The van der Waals surface area contributed by atoms with Gasteiger partial charge in [0.1, 0.15) is 12.4 Å². The van der Waals surface area contributed by atoms with Crippen molar-refractivity contribution in [2.45, 2.75) is 0 Å². The lowest BCUT2D eigenvalue weighted by molar-refractivity contribution is 1.21. The molecule has 0 aliphatic heterocycles. The molecule has 0 saturated carbocycles. The van der Waals surface area contributed by atoms with Crippen LogP contribution < -0.4 is 5.73 Å². The van der Waals surface area contributed by atoms with Gasteiger partial charge in [0.05, 0.1) is 0 Å². The van der Waals surface area contributed by atoms with Crippen molar-refractivity contribution in [3.8, 4) is 0 Å². The Bertz CT molecular complexity index is 69.2. The Balaban J connectivity index is 3.05. The minimum absolute atomic E-state index is 0.190. The van der Waals surface area contributed by atoms with E-state index in [2.05, 4.69) is 5.18 Å². The van der Waals surface area contributed by atoms with Crippen molar-refractivity contribution < 1.29 is 0 Å². The molecule has 0 aliphatic carbocycles. The lowest BCUT2D eigenvalue weighted by Crippen LogP contribution is -2.12. The standard InChI is InChI=1S/C2H5N3O/c3-2(4)1-5-6/h1H2,(H3,3,4). The van der Waals surface area contributed by atoms with Crippen molar-refractivity contribution in [1.82, 2.24) is 0 Å². The smallest absolute Gasteiger partial charge is 0.138 e. The van der Waals surface area contributed by atoms with Gasteiger partial charge in [-0.15, -0.1) is 0 Å². The van der Waals surface area contributed by atoms with Crippen molar-refractivity contribution in [2.24, 2.45) is 10.9 Å². The van der Waals surface area contributed by atoms with E-state index in [9.17, 15) is 0 Å². The van der Waals surface area contributed by atoms with Gasteiger partial charge in [-0.1, -0.05) is 5.18 Å². The van der Waals surface area contributed by atoms with Crippen molar-refractivity contribution >= 4 is 5.84 Å². The maximum Gasteiger partial charge on any atom is 0.138 e. The molecule has 0 saturated heterocycles. The number of nitrogens with one attached hydrogen (secondary N) is 1. The maximum absolute atomic E-state index is 9.14. The Labute approximate surface area is 34.8 Å². The highest BCUT2D eigenvalue weighted by Crippen LogP contribution is 1.59. The van der Waals surface area contributed by atoms with Crippen LogP contribution in [0.2, 0.25) is 0 Å². The summed E-state index contributed by atoms with van der Waals surface area (Å²) in [5.41, 5.74) is 4.69. The number of hydrogen-bond acceptors (Lipinski definition) is 3. The van der Waals surface area contributed by atoms with Crippen molar-refractivity contribution in [3.05, 3.63) is 4.91 Å². The van der Waals surface area contributed by atoms with Crippen molar-refractivity contribution in [1.29, 1.82) is 5.41 Å². The van der Waals surface area contributed by atoms with Gasteiger partial charge in [0.2, 0.25) is 0 Å². The topological polar surface area (TPSA) is 79.3 Å². The van der Waals surface area contributed by atoms with Crippen LogP contribution in [-0.2, 0) is 0 Å². The Kier molecular flexibility index (Phi) is 1.96. The number of nitrogens with two attached hydrogens (primary N) is 1. The SMILES string of the molecule is N=C(N)CN=O. The van der Waals surface area contributed by atoms with Gasteiger partial charge in [0, 0.05) is 0 Å². The number of nitrogens with zero attached hydrogens (tertiary/aromatic N) is 1. The third kappa shape index (κ3) is 3.07. The first-order valence-corrected chi connectivity index (χ1v) is 1.39. The molecule has 0 fully saturated rings. The molecule has 0 aliphatic rings. The van der Waals surface area contributed by atoms with Crippen LogP contribution in [-0.4, -0.2) is 12.4 Å². The second-order valence-corrected chi connectivity index (χ2v) is 0.812. The van der Waals surface area contributed by atoms with E-state index < -0.39 is 0 Å². The van der Waals surface area contributed by atoms with E-state index in [4.69, 9.17) is 16.1 Å². The summed E-state index contributed by atoms with van der Waals surface area (Å²) in [5, 5.41) is 8.71. The summed E-state index contributed by atoms with van der Waals surface area (Å²) >= 11 is 0. The van der Waals surface area contributed by atoms with Gasteiger partial charge in [0.15, 0.2) is 0 Å². The van der Waals surface area contributed by atoms with E-state index in [0.717, 1.165) is 0 Å². The minimum atomic E-state index is -0.194. The zero-order valence-electron chi connectivity index (χ0n) is 3.14. The van der Waals surface area contributed by atoms with Gasteiger partial charge >= 0.3 is 0 Å². The molecule has 6 heavy (non-hydrogen) atoms. The molecule has 0 aromatic heterocycles. The van der Waals surface area contributed by atoms with Gasteiger partial charge < -0.3 is 5.73 Å². The molecular formula is C2H5N3O. The molecule has 0 amide bonds. The molecule has 0 spiro atoms. The fourth-order valence-electron chi connectivity index (χ4n) is 0.0695. The fourth-order valence-corrected chi connectivity index (χ4v) is 0.0695. The molecule has 0 heterocycles. The summed E-state index contributed by atoms with van der Waals surface area (Å²) in [4.78, 5) is 9.14. The normalized spacial score (nSPS) is 7.33. The molecule has 0 rings (SSSR count). The monoisotopic (exact) mass is 87.0 g/mol. The predicted octanol–water partition coefficient (Wildman–Crippen LogP) is -0.311. The van der Waals surface area contributed by atoms with Crippen LogP contribution in [0.4, 0.5) is 0 Å². The van der Waals surface area contributed by atoms with Gasteiger partial charge in [-0.2, -0.15) is 4.91 Å². The third-order valence-electron chi connectivity index (χ3n) is 0.235. The van der Waals surface area contributed by atoms with Gasteiger partial charge in [-0.05, 0) is 0 Å². The maximum atomic E-state index is 9.14. The van der Waals surface area contributed by atoms with Crippen LogP contribution in [0.3, 0.4) is 0 Å². The Hall–Kier alpha value is -0.930. The van der Waals surface area contributed by atoms with Crippen LogP contribution in [0.15, 0.2) is 5.18 Å². The lowest BCUT2D eigenvalue weighted by Gasteiger charge is -1.77. The molecule has 34 valence electrons. The highest BCUT2D eigenvalue weighted by molar-refractivity contribution is 5.78. The lowest BCUT2D eigenvalue weighted by atomic mass is 10.6. The zero-order valence-corrected chi connectivity index (χ0v) is 3.14. The first kappa shape index (κ1) is 5.07. The number of amidine groups is 1. The van der Waals surface area contributed by atoms with Crippen LogP contribution in [0.25, 0.3) is 0 Å². The second kappa shape index (κ2) is 2.32. The van der Waals surface area contributed by atoms with Gasteiger partial charge in [-0.3, -0.25) is 5.41 Å². The number of hydrogen-bond donors (Lipinski definition) is 2. The Morgan fingerprint density at radius 2 is 2.50 bits per heavy atom. The average Bonchev–Trinajstić information content (AvgIpc) is 1.35. The largest absolute Gasteiger partial charge is 0.386 e. The van der Waals surface area contributed by atoms with E-state index in [1.807, 2.05) is 0 Å².